The highest BCUT2D eigenvalue weighted by Gasteiger charge is 2.18. The Morgan fingerprint density at radius 3 is 2.53 bits per heavy atom. The molecule has 0 bridgehead atoms. The zero-order valence-corrected chi connectivity index (χ0v) is 12.4. The molecule has 1 heterocycles. The molecule has 1 saturated heterocycles. The van der Waals surface area contributed by atoms with Crippen molar-refractivity contribution >= 4 is 0 Å². The van der Waals surface area contributed by atoms with E-state index >= 15 is 0 Å². The number of likely N-dealkylation sites (tertiary alicyclic amines) is 1. The van der Waals surface area contributed by atoms with E-state index < -0.39 is 0 Å². The summed E-state index contributed by atoms with van der Waals surface area (Å²) in [7, 11) is 2.19. The van der Waals surface area contributed by atoms with E-state index in [4.69, 9.17) is 4.74 Å². The minimum atomic E-state index is 0.398. The maximum atomic E-state index is 5.81. The highest BCUT2D eigenvalue weighted by Crippen LogP contribution is 2.12. The first kappa shape index (κ1) is 14.4. The number of hydrogen-bond donors (Lipinski definition) is 1. The van der Waals surface area contributed by atoms with Crippen molar-refractivity contribution in [3.8, 4) is 5.75 Å². The van der Waals surface area contributed by atoms with Crippen molar-refractivity contribution in [2.75, 3.05) is 26.7 Å². The summed E-state index contributed by atoms with van der Waals surface area (Å²) in [5.74, 6) is 0.961. The Labute approximate surface area is 116 Å². The minimum Gasteiger partial charge on any atom is -0.492 e. The predicted molar refractivity (Wildman–Crippen MR) is 79.8 cm³/mol. The van der Waals surface area contributed by atoms with Crippen LogP contribution in [-0.2, 0) is 0 Å². The van der Waals surface area contributed by atoms with E-state index in [0.717, 1.165) is 12.4 Å². The van der Waals surface area contributed by atoms with Crippen LogP contribution in [0.25, 0.3) is 0 Å². The molecule has 0 amide bonds. The molecule has 0 aromatic heterocycles. The molecule has 1 aromatic carbocycles. The molecule has 1 N–H and O–H groups in total. The minimum absolute atomic E-state index is 0.398. The summed E-state index contributed by atoms with van der Waals surface area (Å²) in [6.45, 7) is 7.42. The number of rotatable bonds is 5. The van der Waals surface area contributed by atoms with Gasteiger partial charge in [-0.2, -0.15) is 0 Å². The number of nitrogens with one attached hydrogen (secondary N) is 1. The van der Waals surface area contributed by atoms with Crippen LogP contribution in [0.3, 0.4) is 0 Å². The van der Waals surface area contributed by atoms with Gasteiger partial charge in [0.05, 0.1) is 0 Å². The van der Waals surface area contributed by atoms with Gasteiger partial charge in [0.1, 0.15) is 12.4 Å². The topological polar surface area (TPSA) is 24.5 Å². The monoisotopic (exact) mass is 262 g/mol. The van der Waals surface area contributed by atoms with Crippen molar-refractivity contribution in [3.63, 3.8) is 0 Å². The van der Waals surface area contributed by atoms with E-state index in [0.29, 0.717) is 12.1 Å². The fourth-order valence-corrected chi connectivity index (χ4v) is 2.48. The number of nitrogens with zero attached hydrogens (tertiary/aromatic N) is 1. The van der Waals surface area contributed by atoms with Crippen LogP contribution in [0.2, 0.25) is 0 Å². The third kappa shape index (κ3) is 4.84. The van der Waals surface area contributed by atoms with Crippen molar-refractivity contribution < 1.29 is 4.74 Å². The van der Waals surface area contributed by atoms with Gasteiger partial charge in [0.15, 0.2) is 0 Å². The molecule has 19 heavy (non-hydrogen) atoms. The fraction of sp³-hybridized carbons (Fsp3) is 0.625. The van der Waals surface area contributed by atoms with Gasteiger partial charge >= 0.3 is 0 Å². The average molecular weight is 262 g/mol. The summed E-state index contributed by atoms with van der Waals surface area (Å²) in [5.41, 5.74) is 1.27. The van der Waals surface area contributed by atoms with Gasteiger partial charge in [0.25, 0.3) is 0 Å². The van der Waals surface area contributed by atoms with Gasteiger partial charge in [0, 0.05) is 12.1 Å². The largest absolute Gasteiger partial charge is 0.492 e. The van der Waals surface area contributed by atoms with Gasteiger partial charge in [-0.25, -0.2) is 0 Å². The molecule has 0 spiro atoms. The summed E-state index contributed by atoms with van der Waals surface area (Å²) in [4.78, 5) is 2.39. The Hall–Kier alpha value is -1.06. The van der Waals surface area contributed by atoms with Gasteiger partial charge in [0.2, 0.25) is 0 Å². The summed E-state index contributed by atoms with van der Waals surface area (Å²) >= 11 is 0. The lowest BCUT2D eigenvalue weighted by Crippen LogP contribution is -2.46. The summed E-state index contributed by atoms with van der Waals surface area (Å²) in [6.07, 6.45) is 2.48. The lowest BCUT2D eigenvalue weighted by atomic mass is 10.0. The number of aryl methyl sites for hydroxylation is 1. The first-order valence-corrected chi connectivity index (χ1v) is 7.27. The molecule has 0 radical (unpaired) electrons. The SMILES string of the molecule is Cc1ccc(OCC(C)NC2CCN(C)CC2)cc1. The Kier molecular flexibility index (Phi) is 5.23. The molecular weight excluding hydrogens is 236 g/mol. The fourth-order valence-electron chi connectivity index (χ4n) is 2.48. The Morgan fingerprint density at radius 2 is 1.89 bits per heavy atom. The van der Waals surface area contributed by atoms with Gasteiger partial charge < -0.3 is 15.0 Å². The molecule has 1 unspecified atom stereocenters. The zero-order valence-electron chi connectivity index (χ0n) is 12.4. The Bertz CT molecular complexity index is 369. The Morgan fingerprint density at radius 1 is 1.26 bits per heavy atom. The third-order valence-electron chi connectivity index (χ3n) is 3.76. The molecular formula is C16H26N2O. The maximum absolute atomic E-state index is 5.81. The summed E-state index contributed by atoms with van der Waals surface area (Å²) < 4.78 is 5.81. The lowest BCUT2D eigenvalue weighted by Gasteiger charge is -2.31. The van der Waals surface area contributed by atoms with Crippen molar-refractivity contribution in [3.05, 3.63) is 29.8 Å². The van der Waals surface area contributed by atoms with Gasteiger partial charge in [-0.1, -0.05) is 17.7 Å². The number of ether oxygens (including phenoxy) is 1. The third-order valence-corrected chi connectivity index (χ3v) is 3.76. The van der Waals surface area contributed by atoms with Gasteiger partial charge in [-0.05, 0) is 59.0 Å². The zero-order chi connectivity index (χ0) is 13.7. The van der Waals surface area contributed by atoms with Crippen LogP contribution in [0, 0.1) is 6.92 Å². The first-order valence-electron chi connectivity index (χ1n) is 7.27. The van der Waals surface area contributed by atoms with Crippen LogP contribution < -0.4 is 10.1 Å². The standard InChI is InChI=1S/C16H26N2O/c1-13-4-6-16(7-5-13)19-12-14(2)17-15-8-10-18(3)11-9-15/h4-7,14-15,17H,8-12H2,1-3H3. The molecule has 1 fully saturated rings. The quantitative estimate of drug-likeness (QED) is 0.882. The Balaban J connectivity index is 1.69. The van der Waals surface area contributed by atoms with E-state index in [1.165, 1.54) is 31.5 Å². The molecule has 106 valence electrons. The van der Waals surface area contributed by atoms with Crippen LogP contribution in [0.15, 0.2) is 24.3 Å². The summed E-state index contributed by atoms with van der Waals surface area (Å²) in [6, 6.07) is 9.30. The molecule has 2 rings (SSSR count). The average Bonchev–Trinajstić information content (AvgIpc) is 2.41. The molecule has 1 aliphatic rings. The number of hydrogen-bond acceptors (Lipinski definition) is 3. The molecule has 1 aliphatic heterocycles. The number of benzene rings is 1. The van der Waals surface area contributed by atoms with Crippen LogP contribution in [0.4, 0.5) is 0 Å². The van der Waals surface area contributed by atoms with E-state index in [1.807, 2.05) is 12.1 Å². The van der Waals surface area contributed by atoms with E-state index in [2.05, 4.69) is 43.2 Å². The van der Waals surface area contributed by atoms with Crippen molar-refractivity contribution in [1.82, 2.24) is 10.2 Å². The molecule has 0 aliphatic carbocycles. The normalized spacial score (nSPS) is 19.3. The predicted octanol–water partition coefficient (Wildman–Crippen LogP) is 2.45. The van der Waals surface area contributed by atoms with Crippen molar-refractivity contribution in [2.45, 2.75) is 38.8 Å². The lowest BCUT2D eigenvalue weighted by molar-refractivity contribution is 0.204. The summed E-state index contributed by atoms with van der Waals surface area (Å²) in [5, 5.41) is 3.67. The first-order chi connectivity index (χ1) is 9.13. The van der Waals surface area contributed by atoms with Gasteiger partial charge in [-0.3, -0.25) is 0 Å². The smallest absolute Gasteiger partial charge is 0.119 e. The number of piperidine rings is 1. The van der Waals surface area contributed by atoms with Crippen molar-refractivity contribution in [1.29, 1.82) is 0 Å². The molecule has 1 aromatic rings. The molecule has 1 atom stereocenters. The second kappa shape index (κ2) is 6.92. The maximum Gasteiger partial charge on any atom is 0.119 e. The highest BCUT2D eigenvalue weighted by atomic mass is 16.5. The van der Waals surface area contributed by atoms with E-state index in [-0.39, 0.29) is 0 Å². The second-order valence-corrected chi connectivity index (χ2v) is 5.77. The molecule has 3 heteroatoms. The van der Waals surface area contributed by atoms with Crippen LogP contribution in [0.1, 0.15) is 25.3 Å². The molecule has 3 nitrogen and oxygen atoms in total. The van der Waals surface area contributed by atoms with Crippen LogP contribution in [-0.4, -0.2) is 43.7 Å². The van der Waals surface area contributed by atoms with Crippen LogP contribution in [0.5, 0.6) is 5.75 Å². The van der Waals surface area contributed by atoms with Crippen molar-refractivity contribution in [2.24, 2.45) is 0 Å². The van der Waals surface area contributed by atoms with Gasteiger partial charge in [-0.15, -0.1) is 0 Å². The second-order valence-electron chi connectivity index (χ2n) is 5.77. The highest BCUT2D eigenvalue weighted by molar-refractivity contribution is 5.26. The van der Waals surface area contributed by atoms with E-state index in [1.54, 1.807) is 0 Å². The molecule has 0 saturated carbocycles. The van der Waals surface area contributed by atoms with E-state index in [9.17, 15) is 0 Å². The van der Waals surface area contributed by atoms with Crippen LogP contribution >= 0.6 is 0 Å².